The Hall–Kier alpha value is -2.99. The van der Waals surface area contributed by atoms with Crippen LogP contribution in [0.15, 0.2) is 59.0 Å². The second-order valence-electron chi connectivity index (χ2n) is 5.49. The van der Waals surface area contributed by atoms with E-state index in [-0.39, 0.29) is 5.89 Å². The highest BCUT2D eigenvalue weighted by molar-refractivity contribution is 5.89. The van der Waals surface area contributed by atoms with E-state index in [1.165, 1.54) is 0 Å². The standard InChI is InChI=1S/C19H18N2O4/c1-13(17-20-21-18(25-17)15-6-4-3-5-7-15)24-19(22)16-10-8-14(9-11-16)12-23-2/h3-11,13H,12H2,1-2H3. The molecule has 0 aliphatic carbocycles. The van der Waals surface area contributed by atoms with E-state index in [1.807, 2.05) is 42.5 Å². The molecule has 6 heteroatoms. The van der Waals surface area contributed by atoms with Crippen LogP contribution in [0.2, 0.25) is 0 Å². The number of methoxy groups -OCH3 is 1. The molecule has 0 bridgehead atoms. The van der Waals surface area contributed by atoms with E-state index in [1.54, 1.807) is 26.2 Å². The smallest absolute Gasteiger partial charge is 0.338 e. The predicted molar refractivity (Wildman–Crippen MR) is 90.7 cm³/mol. The van der Waals surface area contributed by atoms with Crippen LogP contribution in [0, 0.1) is 0 Å². The normalized spacial score (nSPS) is 11.9. The van der Waals surface area contributed by atoms with Gasteiger partial charge in [-0.3, -0.25) is 0 Å². The molecule has 0 spiro atoms. The van der Waals surface area contributed by atoms with Crippen LogP contribution in [0.1, 0.15) is 34.8 Å². The fraction of sp³-hybridized carbons (Fsp3) is 0.211. The summed E-state index contributed by atoms with van der Waals surface area (Å²) in [4.78, 5) is 12.2. The molecule has 0 saturated heterocycles. The molecule has 128 valence electrons. The summed E-state index contributed by atoms with van der Waals surface area (Å²) in [7, 11) is 1.62. The van der Waals surface area contributed by atoms with Crippen molar-refractivity contribution in [3.8, 4) is 11.5 Å². The number of benzene rings is 2. The molecule has 3 aromatic rings. The summed E-state index contributed by atoms with van der Waals surface area (Å²) in [6, 6.07) is 16.5. The van der Waals surface area contributed by atoms with E-state index in [0.717, 1.165) is 11.1 Å². The van der Waals surface area contributed by atoms with Gasteiger partial charge in [-0.05, 0) is 36.8 Å². The Bertz CT molecular complexity index is 828. The average molecular weight is 338 g/mol. The van der Waals surface area contributed by atoms with Gasteiger partial charge in [0.15, 0.2) is 6.10 Å². The van der Waals surface area contributed by atoms with E-state index < -0.39 is 12.1 Å². The van der Waals surface area contributed by atoms with Gasteiger partial charge < -0.3 is 13.9 Å². The zero-order valence-corrected chi connectivity index (χ0v) is 14.0. The molecule has 3 rings (SSSR count). The van der Waals surface area contributed by atoms with Crippen molar-refractivity contribution in [1.82, 2.24) is 10.2 Å². The molecule has 1 unspecified atom stereocenters. The van der Waals surface area contributed by atoms with Crippen molar-refractivity contribution in [3.63, 3.8) is 0 Å². The number of nitrogens with zero attached hydrogens (tertiary/aromatic N) is 2. The van der Waals surface area contributed by atoms with Crippen LogP contribution >= 0.6 is 0 Å². The second kappa shape index (κ2) is 7.72. The van der Waals surface area contributed by atoms with Gasteiger partial charge in [0.2, 0.25) is 5.89 Å². The zero-order valence-electron chi connectivity index (χ0n) is 14.0. The lowest BCUT2D eigenvalue weighted by Gasteiger charge is -2.09. The first-order chi connectivity index (χ1) is 12.2. The summed E-state index contributed by atoms with van der Waals surface area (Å²) in [6.07, 6.45) is -0.642. The molecule has 0 amide bonds. The number of carbonyl (C=O) groups excluding carboxylic acids is 1. The molecule has 0 aliphatic rings. The third-order valence-electron chi connectivity index (χ3n) is 3.59. The van der Waals surface area contributed by atoms with Gasteiger partial charge in [0.05, 0.1) is 12.2 Å². The van der Waals surface area contributed by atoms with Crippen molar-refractivity contribution >= 4 is 5.97 Å². The molecule has 2 aromatic carbocycles. The molecule has 0 fully saturated rings. The maximum absolute atomic E-state index is 12.2. The fourth-order valence-electron chi connectivity index (χ4n) is 2.28. The van der Waals surface area contributed by atoms with Crippen molar-refractivity contribution in [3.05, 3.63) is 71.6 Å². The van der Waals surface area contributed by atoms with Crippen LogP contribution in [-0.4, -0.2) is 23.3 Å². The molecule has 0 aliphatic heterocycles. The predicted octanol–water partition coefficient (Wildman–Crippen LogP) is 3.80. The monoisotopic (exact) mass is 338 g/mol. The molecule has 25 heavy (non-hydrogen) atoms. The molecule has 1 heterocycles. The molecular formula is C19H18N2O4. The van der Waals surface area contributed by atoms with Gasteiger partial charge in [-0.15, -0.1) is 10.2 Å². The zero-order chi connectivity index (χ0) is 17.6. The Morgan fingerprint density at radius 3 is 2.48 bits per heavy atom. The van der Waals surface area contributed by atoms with Gasteiger partial charge in [0.1, 0.15) is 0 Å². The first kappa shape index (κ1) is 16.9. The molecule has 0 saturated carbocycles. The van der Waals surface area contributed by atoms with E-state index in [2.05, 4.69) is 10.2 Å². The van der Waals surface area contributed by atoms with Crippen molar-refractivity contribution < 1.29 is 18.7 Å². The maximum Gasteiger partial charge on any atom is 0.338 e. The third-order valence-corrected chi connectivity index (χ3v) is 3.59. The first-order valence-corrected chi connectivity index (χ1v) is 7.85. The molecule has 1 atom stereocenters. The number of aromatic nitrogens is 2. The molecule has 0 radical (unpaired) electrons. The quantitative estimate of drug-likeness (QED) is 0.636. The summed E-state index contributed by atoms with van der Waals surface area (Å²) < 4.78 is 16.1. The Labute approximate surface area is 145 Å². The summed E-state index contributed by atoms with van der Waals surface area (Å²) in [6.45, 7) is 2.19. The minimum atomic E-state index is -0.642. The number of rotatable bonds is 6. The van der Waals surface area contributed by atoms with Crippen LogP contribution < -0.4 is 0 Å². The van der Waals surface area contributed by atoms with Crippen LogP contribution in [0.5, 0.6) is 0 Å². The Balaban J connectivity index is 1.66. The van der Waals surface area contributed by atoms with Gasteiger partial charge in [-0.2, -0.15) is 0 Å². The molecule has 0 N–H and O–H groups in total. The van der Waals surface area contributed by atoms with E-state index in [4.69, 9.17) is 13.9 Å². The minimum absolute atomic E-state index is 0.253. The minimum Gasteiger partial charge on any atom is -0.449 e. The number of carbonyl (C=O) groups is 1. The molecular weight excluding hydrogens is 320 g/mol. The summed E-state index contributed by atoms with van der Waals surface area (Å²) in [5, 5.41) is 7.97. The van der Waals surface area contributed by atoms with Gasteiger partial charge in [-0.25, -0.2) is 4.79 Å². The van der Waals surface area contributed by atoms with Gasteiger partial charge in [-0.1, -0.05) is 30.3 Å². The second-order valence-corrected chi connectivity index (χ2v) is 5.49. The molecule has 6 nitrogen and oxygen atoms in total. The topological polar surface area (TPSA) is 74.5 Å². The average Bonchev–Trinajstić information content (AvgIpc) is 3.13. The third kappa shape index (κ3) is 4.10. The van der Waals surface area contributed by atoms with Gasteiger partial charge in [0, 0.05) is 12.7 Å². The lowest BCUT2D eigenvalue weighted by Crippen LogP contribution is -2.09. The number of esters is 1. The van der Waals surface area contributed by atoms with E-state index in [0.29, 0.717) is 18.1 Å². The number of hydrogen-bond acceptors (Lipinski definition) is 6. The fourth-order valence-corrected chi connectivity index (χ4v) is 2.28. The Kier molecular flexibility index (Phi) is 5.20. The Morgan fingerprint density at radius 2 is 1.80 bits per heavy atom. The van der Waals surface area contributed by atoms with Crippen molar-refractivity contribution in [2.24, 2.45) is 0 Å². The van der Waals surface area contributed by atoms with Gasteiger partial charge in [0.25, 0.3) is 5.89 Å². The lowest BCUT2D eigenvalue weighted by molar-refractivity contribution is 0.0280. The first-order valence-electron chi connectivity index (χ1n) is 7.85. The number of ether oxygens (including phenoxy) is 2. The van der Waals surface area contributed by atoms with Crippen LogP contribution in [-0.2, 0) is 16.1 Å². The lowest BCUT2D eigenvalue weighted by atomic mass is 10.1. The molecule has 1 aromatic heterocycles. The largest absolute Gasteiger partial charge is 0.449 e. The van der Waals surface area contributed by atoms with Crippen LogP contribution in [0.25, 0.3) is 11.5 Å². The highest BCUT2D eigenvalue weighted by atomic mass is 16.6. The highest BCUT2D eigenvalue weighted by Gasteiger charge is 2.19. The van der Waals surface area contributed by atoms with E-state index >= 15 is 0 Å². The summed E-state index contributed by atoms with van der Waals surface area (Å²) >= 11 is 0. The SMILES string of the molecule is COCc1ccc(C(=O)OC(C)c2nnc(-c3ccccc3)o2)cc1. The Morgan fingerprint density at radius 1 is 1.08 bits per heavy atom. The van der Waals surface area contributed by atoms with E-state index in [9.17, 15) is 4.79 Å². The summed E-state index contributed by atoms with van der Waals surface area (Å²) in [5.74, 6) is 0.196. The van der Waals surface area contributed by atoms with Crippen molar-refractivity contribution in [2.75, 3.05) is 7.11 Å². The van der Waals surface area contributed by atoms with Crippen molar-refractivity contribution in [2.45, 2.75) is 19.6 Å². The maximum atomic E-state index is 12.2. The van der Waals surface area contributed by atoms with Crippen molar-refractivity contribution in [1.29, 1.82) is 0 Å². The number of hydrogen-bond donors (Lipinski definition) is 0. The van der Waals surface area contributed by atoms with Crippen LogP contribution in [0.4, 0.5) is 0 Å². The summed E-state index contributed by atoms with van der Waals surface area (Å²) in [5.41, 5.74) is 2.25. The highest BCUT2D eigenvalue weighted by Crippen LogP contribution is 2.23. The van der Waals surface area contributed by atoms with Gasteiger partial charge >= 0.3 is 5.97 Å². The van der Waals surface area contributed by atoms with Crippen LogP contribution in [0.3, 0.4) is 0 Å².